The smallest absolute Gasteiger partial charge is 0.208 e. The molecule has 0 saturated heterocycles. The van der Waals surface area contributed by atoms with Crippen LogP contribution in [0, 0.1) is 0 Å². The number of ether oxygens (including phenoxy) is 8. The number of rotatable bonds is 30. The van der Waals surface area contributed by atoms with Crippen LogP contribution in [0.15, 0.2) is 315 Å². The minimum absolute atomic E-state index is 0.0555. The van der Waals surface area contributed by atoms with Crippen LogP contribution in [0.4, 0.5) is 0 Å². The van der Waals surface area contributed by atoms with Crippen molar-refractivity contribution in [3.05, 3.63) is 382 Å². The molecule has 0 amide bonds. The normalized spacial score (nSPS) is 11.5. The van der Waals surface area contributed by atoms with E-state index in [-0.39, 0.29) is 85.3 Å². The monoisotopic (exact) mass is 1270 g/mol. The maximum absolute atomic E-state index is 17.8. The molecule has 10 nitrogen and oxygen atoms in total. The van der Waals surface area contributed by atoms with Crippen molar-refractivity contribution in [1.29, 1.82) is 0 Å². The highest BCUT2D eigenvalue weighted by molar-refractivity contribution is 8.09. The van der Waals surface area contributed by atoms with E-state index in [9.17, 15) is 0 Å². The molecule has 95 heavy (non-hydrogen) atoms. The molecule has 0 fully saturated rings. The second-order valence-corrected chi connectivity index (χ2v) is 24.3. The van der Waals surface area contributed by atoms with Crippen LogP contribution < -0.4 is 37.9 Å². The van der Waals surface area contributed by atoms with Crippen LogP contribution in [0.5, 0.6) is 46.0 Å². The zero-order valence-electron chi connectivity index (χ0n) is 52.3. The molecule has 11 heteroatoms. The number of hydrogen-bond acceptors (Lipinski definition) is 10. The van der Waals surface area contributed by atoms with Crippen LogP contribution in [0.1, 0.15) is 66.8 Å². The van der Waals surface area contributed by atoms with Crippen LogP contribution in [0.3, 0.4) is 0 Å². The molecule has 0 saturated carbocycles. The van der Waals surface area contributed by atoms with Crippen LogP contribution >= 0.6 is 0 Å². The fraction of sp³-hybridized carbons (Fsp3) is 0.0952. The first kappa shape index (κ1) is 63.6. The largest absolute Gasteiger partial charge is 0.489 e. The Morgan fingerprint density at radius 3 is 0.758 bits per heavy atom. The van der Waals surface area contributed by atoms with Gasteiger partial charge in [-0.05, 0) is 117 Å². The Bertz CT molecular complexity index is 4290. The maximum Gasteiger partial charge on any atom is 0.208 e. The third-order valence-electron chi connectivity index (χ3n) is 15.5. The first-order valence-electron chi connectivity index (χ1n) is 31.4. The fourth-order valence-electron chi connectivity index (χ4n) is 10.5. The molecule has 0 spiro atoms. The minimum atomic E-state index is -4.99. The van der Waals surface area contributed by atoms with Gasteiger partial charge in [0.1, 0.15) is 75.9 Å². The van der Waals surface area contributed by atoms with Gasteiger partial charge in [-0.25, -0.2) is 8.42 Å². The average molecular weight is 1270 g/mol. The number of sulfone groups is 1. The van der Waals surface area contributed by atoms with E-state index in [1.807, 2.05) is 267 Å². The number of benzene rings is 12. The third-order valence-corrected chi connectivity index (χ3v) is 17.3. The molecule has 0 radical (unpaired) electrons. The molecule has 0 aliphatic heterocycles. The van der Waals surface area contributed by atoms with E-state index in [0.717, 1.165) is 44.5 Å². The first-order valence-corrected chi connectivity index (χ1v) is 32.9. The van der Waals surface area contributed by atoms with Gasteiger partial charge in [0.2, 0.25) is 9.84 Å². The fourth-order valence-corrected chi connectivity index (χ4v) is 12.3. The summed E-state index contributed by atoms with van der Waals surface area (Å²) in [4.78, 5) is -0.371. The lowest BCUT2D eigenvalue weighted by atomic mass is 10.1. The molecule has 0 heterocycles. The summed E-state index contributed by atoms with van der Waals surface area (Å²) in [7, 11) is -4.99. The van der Waals surface area contributed by atoms with Gasteiger partial charge in [-0.1, -0.05) is 255 Å². The Morgan fingerprint density at radius 1 is 0.242 bits per heavy atom. The minimum Gasteiger partial charge on any atom is -0.489 e. The Kier molecular flexibility index (Phi) is 21.5. The summed E-state index contributed by atoms with van der Waals surface area (Å²) < 4.78 is 89.7. The topological polar surface area (TPSA) is 108 Å². The lowest BCUT2D eigenvalue weighted by Gasteiger charge is -2.23. The lowest BCUT2D eigenvalue weighted by molar-refractivity contribution is 0.255. The second kappa shape index (κ2) is 32.2. The van der Waals surface area contributed by atoms with Gasteiger partial charge < -0.3 is 37.9 Å². The maximum atomic E-state index is 17.8. The molecule has 0 aliphatic rings. The summed E-state index contributed by atoms with van der Waals surface area (Å²) >= 11 is 0. The van der Waals surface area contributed by atoms with E-state index in [4.69, 9.17) is 37.9 Å². The molecular weight excluding hydrogens is 1200 g/mol. The van der Waals surface area contributed by atoms with E-state index >= 15 is 8.42 Å². The molecule has 12 aromatic rings. The summed E-state index contributed by atoms with van der Waals surface area (Å²) in [5.74, 6) is 2.65. The zero-order chi connectivity index (χ0) is 64.7. The van der Waals surface area contributed by atoms with Crippen molar-refractivity contribution >= 4 is 31.8 Å². The molecule has 0 atom stereocenters. The molecule has 12 rings (SSSR count). The van der Waals surface area contributed by atoms with Gasteiger partial charge in [0.25, 0.3) is 0 Å². The van der Waals surface area contributed by atoms with Crippen molar-refractivity contribution in [2.24, 2.45) is 0 Å². The molecule has 12 aromatic carbocycles. The standard InChI is InChI=1S/C84H70O10S/c85-95(86,81(75-43-25-45-79(91-59-67-35-17-5-18-36-67)83(75)93-61-69-39-21-7-22-40-69)53-71-51-73(87-55-63-27-9-1-10-28-63)47-49-77(71)89-57-65-31-13-3-14-32-65)82(76-44-26-46-80(92-60-68-37-19-6-20-38-68)84(76)94-62-70-41-23-8-24-42-70)54-72-52-74(88-56-64-29-11-2-12-30-64)48-50-78(72)90-58-66-33-15-4-16-34-66/h1-54H,55-62H2. The van der Waals surface area contributed by atoms with Crippen LogP contribution in [0.2, 0.25) is 0 Å². The van der Waals surface area contributed by atoms with Gasteiger partial charge in [-0.2, -0.15) is 0 Å². The van der Waals surface area contributed by atoms with E-state index in [0.29, 0.717) is 45.6 Å². The van der Waals surface area contributed by atoms with E-state index < -0.39 is 9.84 Å². The van der Waals surface area contributed by atoms with Crippen molar-refractivity contribution in [3.8, 4) is 46.0 Å². The molecular formula is C84H70O10S. The van der Waals surface area contributed by atoms with Crippen LogP contribution in [-0.4, -0.2) is 8.42 Å². The lowest BCUT2D eigenvalue weighted by Crippen LogP contribution is -2.11. The first-order chi connectivity index (χ1) is 46.8. The van der Waals surface area contributed by atoms with Gasteiger partial charge in [0.05, 0.1) is 9.81 Å². The predicted molar refractivity (Wildman–Crippen MR) is 377 cm³/mol. The Hall–Kier alpha value is -11.5. The van der Waals surface area contributed by atoms with Gasteiger partial charge in [0, 0.05) is 22.3 Å². The molecule has 0 aromatic heterocycles. The van der Waals surface area contributed by atoms with Crippen molar-refractivity contribution in [2.45, 2.75) is 52.9 Å². The summed E-state index contributed by atoms with van der Waals surface area (Å²) in [6, 6.07) is 99.8. The van der Waals surface area contributed by atoms with Crippen molar-refractivity contribution in [1.82, 2.24) is 0 Å². The average Bonchev–Trinajstić information content (AvgIpc) is 0.767. The van der Waals surface area contributed by atoms with Crippen LogP contribution in [-0.2, 0) is 62.7 Å². The second-order valence-electron chi connectivity index (χ2n) is 22.4. The highest BCUT2D eigenvalue weighted by atomic mass is 32.2. The van der Waals surface area contributed by atoms with E-state index in [1.165, 1.54) is 0 Å². The highest BCUT2D eigenvalue weighted by Gasteiger charge is 2.34. The Balaban J connectivity index is 1.12. The van der Waals surface area contributed by atoms with E-state index in [2.05, 4.69) is 0 Å². The molecule has 472 valence electrons. The van der Waals surface area contributed by atoms with Crippen molar-refractivity contribution < 1.29 is 46.3 Å². The number of para-hydroxylation sites is 2. The predicted octanol–water partition coefficient (Wildman–Crippen LogP) is 19.4. The number of hydrogen-bond donors (Lipinski definition) is 0. The van der Waals surface area contributed by atoms with Gasteiger partial charge in [-0.3, -0.25) is 0 Å². The summed E-state index contributed by atoms with van der Waals surface area (Å²) in [5.41, 5.74) is 8.32. The van der Waals surface area contributed by atoms with Gasteiger partial charge in [-0.15, -0.1) is 0 Å². The summed E-state index contributed by atoms with van der Waals surface area (Å²) in [6.45, 7) is 1.21. The SMILES string of the molecule is O=S(=O)(C(=Cc1cc(OCc2ccccc2)ccc1OCc1ccccc1)c1cccc(OCc2ccccc2)c1OCc1ccccc1)C(=Cc1cc(OCc2ccccc2)ccc1OCc1ccccc1)c1cccc(OCc2ccccc2)c1OCc1ccccc1. The summed E-state index contributed by atoms with van der Waals surface area (Å²) in [6.07, 6.45) is 3.27. The molecule has 0 unspecified atom stereocenters. The molecule has 0 aliphatic carbocycles. The Morgan fingerprint density at radius 2 is 0.484 bits per heavy atom. The third kappa shape index (κ3) is 17.5. The van der Waals surface area contributed by atoms with Gasteiger partial charge in [0.15, 0.2) is 23.0 Å². The Labute approximate surface area is 556 Å². The highest BCUT2D eigenvalue weighted by Crippen LogP contribution is 2.48. The van der Waals surface area contributed by atoms with Crippen LogP contribution in [0.25, 0.3) is 22.0 Å². The molecule has 0 N–H and O–H groups in total. The summed E-state index contributed by atoms with van der Waals surface area (Å²) in [5, 5.41) is 0. The zero-order valence-corrected chi connectivity index (χ0v) is 53.1. The van der Waals surface area contributed by atoms with E-state index in [1.54, 1.807) is 60.7 Å². The van der Waals surface area contributed by atoms with Crippen molar-refractivity contribution in [3.63, 3.8) is 0 Å². The van der Waals surface area contributed by atoms with Gasteiger partial charge >= 0.3 is 0 Å². The quantitative estimate of drug-likeness (QED) is 0.0404. The van der Waals surface area contributed by atoms with Crippen molar-refractivity contribution in [2.75, 3.05) is 0 Å². The molecule has 0 bridgehead atoms.